The zero-order valence-electron chi connectivity index (χ0n) is 12.3. The first-order valence-electron chi connectivity index (χ1n) is 6.87. The van der Waals surface area contributed by atoms with Gasteiger partial charge in [0.1, 0.15) is 0 Å². The van der Waals surface area contributed by atoms with E-state index in [0.717, 1.165) is 16.7 Å². The lowest BCUT2D eigenvalue weighted by Crippen LogP contribution is -2.15. The molecule has 2 rings (SSSR count). The van der Waals surface area contributed by atoms with Crippen molar-refractivity contribution in [3.63, 3.8) is 0 Å². The molecule has 0 atom stereocenters. The Kier molecular flexibility index (Phi) is 4.65. The van der Waals surface area contributed by atoms with Crippen molar-refractivity contribution >= 4 is 15.7 Å². The Bertz CT molecular complexity index is 740. The van der Waals surface area contributed by atoms with Crippen LogP contribution in [0.5, 0.6) is 0 Å². The van der Waals surface area contributed by atoms with Crippen molar-refractivity contribution in [2.75, 3.05) is 4.72 Å². The van der Waals surface area contributed by atoms with Gasteiger partial charge >= 0.3 is 0 Å². The summed E-state index contributed by atoms with van der Waals surface area (Å²) in [6, 6.07) is 12.6. The Morgan fingerprint density at radius 1 is 1.14 bits per heavy atom. The first-order chi connectivity index (χ1) is 9.96. The highest BCUT2D eigenvalue weighted by Gasteiger charge is 2.18. The van der Waals surface area contributed by atoms with Crippen molar-refractivity contribution in [3.8, 4) is 0 Å². The monoisotopic (exact) mass is 304 g/mol. The van der Waals surface area contributed by atoms with Gasteiger partial charge in [0.05, 0.1) is 4.90 Å². The lowest BCUT2D eigenvalue weighted by molar-refractivity contribution is 0.600. The summed E-state index contributed by atoms with van der Waals surface area (Å²) in [6.07, 6.45) is 0.648. The second-order valence-electron chi connectivity index (χ2n) is 4.97. The molecule has 112 valence electrons. The van der Waals surface area contributed by atoms with Crippen LogP contribution in [-0.4, -0.2) is 8.42 Å². The van der Waals surface area contributed by atoms with Crippen LogP contribution in [0.4, 0.5) is 5.69 Å². The Morgan fingerprint density at radius 3 is 2.52 bits per heavy atom. The van der Waals surface area contributed by atoms with Crippen molar-refractivity contribution in [3.05, 3.63) is 59.2 Å². The normalized spacial score (nSPS) is 11.4. The standard InChI is InChI=1S/C16H20N2O2S/c1-3-14-8-7-13(11-17)10-16(14)21(19,20)18-15-6-4-5-12(2)9-15/h4-10,18H,3,11,17H2,1-2H3. The molecule has 0 bridgehead atoms. The smallest absolute Gasteiger partial charge is 0.262 e. The van der Waals surface area contributed by atoms with Gasteiger partial charge < -0.3 is 5.73 Å². The molecule has 2 aromatic rings. The highest BCUT2D eigenvalue weighted by atomic mass is 32.2. The third-order valence-electron chi connectivity index (χ3n) is 3.31. The second kappa shape index (κ2) is 6.28. The van der Waals surface area contributed by atoms with E-state index in [0.29, 0.717) is 23.5 Å². The molecule has 0 amide bonds. The molecule has 0 unspecified atom stereocenters. The van der Waals surface area contributed by atoms with Crippen molar-refractivity contribution in [2.24, 2.45) is 5.73 Å². The van der Waals surface area contributed by atoms with Crippen LogP contribution in [0, 0.1) is 6.92 Å². The average Bonchev–Trinajstić information content (AvgIpc) is 2.46. The van der Waals surface area contributed by atoms with Crippen molar-refractivity contribution in [2.45, 2.75) is 31.7 Å². The molecular formula is C16H20N2O2S. The zero-order valence-corrected chi connectivity index (χ0v) is 13.1. The van der Waals surface area contributed by atoms with E-state index >= 15 is 0 Å². The van der Waals surface area contributed by atoms with E-state index in [2.05, 4.69) is 4.72 Å². The lowest BCUT2D eigenvalue weighted by Gasteiger charge is -2.13. The van der Waals surface area contributed by atoms with Crippen LogP contribution in [0.3, 0.4) is 0 Å². The van der Waals surface area contributed by atoms with Crippen LogP contribution in [0.25, 0.3) is 0 Å². The molecule has 0 aliphatic rings. The lowest BCUT2D eigenvalue weighted by atomic mass is 10.1. The minimum absolute atomic E-state index is 0.300. The van der Waals surface area contributed by atoms with Crippen LogP contribution in [-0.2, 0) is 23.0 Å². The van der Waals surface area contributed by atoms with Gasteiger partial charge in [0.25, 0.3) is 10.0 Å². The van der Waals surface area contributed by atoms with Crippen LogP contribution in [0.2, 0.25) is 0 Å². The average molecular weight is 304 g/mol. The fraction of sp³-hybridized carbons (Fsp3) is 0.250. The molecule has 0 fully saturated rings. The maximum absolute atomic E-state index is 12.6. The summed E-state index contributed by atoms with van der Waals surface area (Å²) in [7, 11) is -3.61. The van der Waals surface area contributed by atoms with Gasteiger partial charge in [0, 0.05) is 12.2 Å². The van der Waals surface area contributed by atoms with Gasteiger partial charge in [0.2, 0.25) is 0 Å². The number of rotatable bonds is 5. The highest BCUT2D eigenvalue weighted by Crippen LogP contribution is 2.22. The number of anilines is 1. The van der Waals surface area contributed by atoms with Gasteiger partial charge in [0.15, 0.2) is 0 Å². The second-order valence-corrected chi connectivity index (χ2v) is 6.63. The molecule has 5 heteroatoms. The summed E-state index contributed by atoms with van der Waals surface area (Å²) in [5, 5.41) is 0. The summed E-state index contributed by atoms with van der Waals surface area (Å²) in [4.78, 5) is 0.300. The number of hydrogen-bond donors (Lipinski definition) is 2. The number of nitrogens with two attached hydrogens (primary N) is 1. The Morgan fingerprint density at radius 2 is 1.90 bits per heavy atom. The molecule has 0 heterocycles. The van der Waals surface area contributed by atoms with Gasteiger partial charge in [-0.05, 0) is 48.2 Å². The predicted octanol–water partition coefficient (Wildman–Crippen LogP) is 2.82. The Labute approximate surface area is 126 Å². The summed E-state index contributed by atoms with van der Waals surface area (Å²) >= 11 is 0. The molecular weight excluding hydrogens is 284 g/mol. The van der Waals surface area contributed by atoms with Crippen LogP contribution in [0.15, 0.2) is 47.4 Å². The molecule has 0 aliphatic carbocycles. The van der Waals surface area contributed by atoms with Gasteiger partial charge in [-0.15, -0.1) is 0 Å². The van der Waals surface area contributed by atoms with E-state index in [1.807, 2.05) is 38.1 Å². The summed E-state index contributed by atoms with van der Waals surface area (Å²) in [6.45, 7) is 4.17. The van der Waals surface area contributed by atoms with E-state index in [1.54, 1.807) is 18.2 Å². The minimum atomic E-state index is -3.61. The van der Waals surface area contributed by atoms with Crippen LogP contribution < -0.4 is 10.5 Å². The van der Waals surface area contributed by atoms with Gasteiger partial charge in [-0.1, -0.05) is 31.2 Å². The highest BCUT2D eigenvalue weighted by molar-refractivity contribution is 7.92. The molecule has 2 aromatic carbocycles. The molecule has 3 N–H and O–H groups in total. The molecule has 4 nitrogen and oxygen atoms in total. The SMILES string of the molecule is CCc1ccc(CN)cc1S(=O)(=O)Nc1cccc(C)c1. The van der Waals surface area contributed by atoms with Crippen molar-refractivity contribution < 1.29 is 8.42 Å². The van der Waals surface area contributed by atoms with E-state index in [1.165, 1.54) is 0 Å². The number of nitrogens with one attached hydrogen (secondary N) is 1. The van der Waals surface area contributed by atoms with Crippen molar-refractivity contribution in [1.82, 2.24) is 0 Å². The van der Waals surface area contributed by atoms with E-state index in [4.69, 9.17) is 5.73 Å². The van der Waals surface area contributed by atoms with Gasteiger partial charge in [-0.2, -0.15) is 0 Å². The quantitative estimate of drug-likeness (QED) is 0.892. The summed E-state index contributed by atoms with van der Waals surface area (Å²) in [5.74, 6) is 0. The maximum atomic E-state index is 12.6. The predicted molar refractivity (Wildman–Crippen MR) is 85.7 cm³/mol. The fourth-order valence-corrected chi connectivity index (χ4v) is 3.60. The van der Waals surface area contributed by atoms with Gasteiger partial charge in [-0.25, -0.2) is 8.42 Å². The third kappa shape index (κ3) is 3.62. The van der Waals surface area contributed by atoms with Gasteiger partial charge in [-0.3, -0.25) is 4.72 Å². The Balaban J connectivity index is 2.43. The largest absolute Gasteiger partial charge is 0.326 e. The number of aryl methyl sites for hydroxylation is 2. The summed E-state index contributed by atoms with van der Waals surface area (Å²) in [5.41, 5.74) is 8.76. The minimum Gasteiger partial charge on any atom is -0.326 e. The first-order valence-corrected chi connectivity index (χ1v) is 8.36. The van der Waals surface area contributed by atoms with Crippen LogP contribution in [0.1, 0.15) is 23.6 Å². The number of sulfonamides is 1. The molecule has 0 saturated heterocycles. The molecule has 0 spiro atoms. The maximum Gasteiger partial charge on any atom is 0.262 e. The van der Waals surface area contributed by atoms with E-state index < -0.39 is 10.0 Å². The van der Waals surface area contributed by atoms with Crippen molar-refractivity contribution in [1.29, 1.82) is 0 Å². The molecule has 21 heavy (non-hydrogen) atoms. The molecule has 0 aliphatic heterocycles. The third-order valence-corrected chi connectivity index (χ3v) is 4.77. The first kappa shape index (κ1) is 15.5. The Hall–Kier alpha value is -1.85. The summed E-state index contributed by atoms with van der Waals surface area (Å²) < 4.78 is 27.9. The molecule has 0 saturated carbocycles. The van der Waals surface area contributed by atoms with E-state index in [-0.39, 0.29) is 0 Å². The topological polar surface area (TPSA) is 72.2 Å². The molecule has 0 aromatic heterocycles. The molecule has 0 radical (unpaired) electrons. The number of hydrogen-bond acceptors (Lipinski definition) is 3. The number of benzene rings is 2. The van der Waals surface area contributed by atoms with Crippen LogP contribution >= 0.6 is 0 Å². The van der Waals surface area contributed by atoms with E-state index in [9.17, 15) is 8.42 Å². The fourth-order valence-electron chi connectivity index (χ4n) is 2.19. The zero-order chi connectivity index (χ0) is 15.5.